The molecule has 0 atom stereocenters. The zero-order chi connectivity index (χ0) is 17.9. The summed E-state index contributed by atoms with van der Waals surface area (Å²) in [6.07, 6.45) is 1.01. The lowest BCUT2D eigenvalue weighted by atomic mass is 10.1. The molecule has 24 heavy (non-hydrogen) atoms. The molecule has 0 radical (unpaired) electrons. The largest absolute Gasteiger partial charge is 0.508 e. The molecule has 0 bridgehead atoms. The topological polar surface area (TPSA) is 92.0 Å². The number of aromatic carboxylic acids is 1. The van der Waals surface area contributed by atoms with Gasteiger partial charge in [0.25, 0.3) is 0 Å². The van der Waals surface area contributed by atoms with Crippen molar-refractivity contribution < 1.29 is 24.1 Å². The van der Waals surface area contributed by atoms with E-state index in [4.69, 9.17) is 33.0 Å². The van der Waals surface area contributed by atoms with Crippen molar-refractivity contribution in [2.24, 2.45) is 4.99 Å². The summed E-state index contributed by atoms with van der Waals surface area (Å²) in [7, 11) is 1.44. The third kappa shape index (κ3) is 3.93. The van der Waals surface area contributed by atoms with Crippen LogP contribution in [0.2, 0.25) is 10.3 Å². The van der Waals surface area contributed by atoms with Gasteiger partial charge in [0.1, 0.15) is 22.2 Å². The number of halogens is 3. The lowest BCUT2D eigenvalue weighted by Crippen LogP contribution is -2.08. The number of carboxylic acids is 1. The van der Waals surface area contributed by atoms with E-state index in [1.807, 2.05) is 0 Å². The number of benzene rings is 1. The summed E-state index contributed by atoms with van der Waals surface area (Å²) < 4.78 is 19.1. The first-order chi connectivity index (χ1) is 11.3. The molecule has 9 heteroatoms. The number of carbonyl (C=O) groups is 1. The zero-order valence-electron chi connectivity index (χ0n) is 12.3. The SMILES string of the molecule is COc1cc(O)cc(CN=Cc2c(F)c(Cl)nc(Cl)c2C(=O)O)c1. The molecule has 0 saturated heterocycles. The molecule has 0 spiro atoms. The smallest absolute Gasteiger partial charge is 0.339 e. The average Bonchev–Trinajstić information content (AvgIpc) is 2.51. The number of ether oxygens (including phenoxy) is 1. The monoisotopic (exact) mass is 372 g/mol. The zero-order valence-corrected chi connectivity index (χ0v) is 13.8. The second kappa shape index (κ2) is 7.46. The fraction of sp³-hybridized carbons (Fsp3) is 0.133. The number of carboxylic acid groups (broad SMARTS) is 1. The lowest BCUT2D eigenvalue weighted by Gasteiger charge is -2.06. The van der Waals surface area contributed by atoms with Crippen molar-refractivity contribution in [1.29, 1.82) is 0 Å². The van der Waals surface area contributed by atoms with Crippen LogP contribution in [0.25, 0.3) is 0 Å². The van der Waals surface area contributed by atoms with Crippen molar-refractivity contribution in [1.82, 2.24) is 4.98 Å². The van der Waals surface area contributed by atoms with Gasteiger partial charge >= 0.3 is 5.97 Å². The van der Waals surface area contributed by atoms with Crippen LogP contribution in [0.5, 0.6) is 11.5 Å². The van der Waals surface area contributed by atoms with Crippen LogP contribution in [-0.2, 0) is 6.54 Å². The molecule has 0 unspecified atom stereocenters. The highest BCUT2D eigenvalue weighted by Gasteiger charge is 2.21. The van der Waals surface area contributed by atoms with Gasteiger partial charge in [0.15, 0.2) is 11.0 Å². The van der Waals surface area contributed by atoms with E-state index in [-0.39, 0.29) is 17.9 Å². The van der Waals surface area contributed by atoms with E-state index < -0.39 is 27.7 Å². The average molecular weight is 373 g/mol. The minimum atomic E-state index is -1.46. The Balaban J connectivity index is 2.36. The van der Waals surface area contributed by atoms with E-state index in [1.54, 1.807) is 6.07 Å². The molecule has 126 valence electrons. The second-order valence-corrected chi connectivity index (χ2v) is 5.33. The van der Waals surface area contributed by atoms with Crippen LogP contribution in [0.3, 0.4) is 0 Å². The molecule has 0 amide bonds. The molecule has 0 fully saturated rings. The predicted molar refractivity (Wildman–Crippen MR) is 87.1 cm³/mol. The van der Waals surface area contributed by atoms with Gasteiger partial charge in [-0.1, -0.05) is 23.2 Å². The predicted octanol–water partition coefficient (Wildman–Crippen LogP) is 3.56. The van der Waals surface area contributed by atoms with Crippen molar-refractivity contribution in [3.05, 3.63) is 51.0 Å². The highest BCUT2D eigenvalue weighted by atomic mass is 35.5. The van der Waals surface area contributed by atoms with Crippen molar-refractivity contribution in [3.8, 4) is 11.5 Å². The summed E-state index contributed by atoms with van der Waals surface area (Å²) in [5, 5.41) is 17.7. The number of aliphatic imine (C=N–C) groups is 1. The van der Waals surface area contributed by atoms with Crippen LogP contribution in [-0.4, -0.2) is 34.5 Å². The first kappa shape index (κ1) is 18.0. The maximum Gasteiger partial charge on any atom is 0.339 e. The molecule has 2 aromatic rings. The Hall–Kier alpha value is -2.38. The number of phenols is 1. The minimum absolute atomic E-state index is 0.0213. The molecular formula is C15H11Cl2FN2O4. The van der Waals surface area contributed by atoms with E-state index in [2.05, 4.69) is 9.98 Å². The van der Waals surface area contributed by atoms with Crippen LogP contribution < -0.4 is 4.74 Å². The summed E-state index contributed by atoms with van der Waals surface area (Å²) in [6.45, 7) is 0.0425. The van der Waals surface area contributed by atoms with Gasteiger partial charge < -0.3 is 14.9 Å². The molecule has 6 nitrogen and oxygen atoms in total. The first-order valence-corrected chi connectivity index (χ1v) is 7.23. The number of hydrogen-bond acceptors (Lipinski definition) is 5. The number of aromatic hydroxyl groups is 1. The van der Waals surface area contributed by atoms with Crippen LogP contribution >= 0.6 is 23.2 Å². The summed E-state index contributed by atoms with van der Waals surface area (Å²) >= 11 is 11.3. The summed E-state index contributed by atoms with van der Waals surface area (Å²) in [6, 6.07) is 4.48. The van der Waals surface area contributed by atoms with Gasteiger partial charge in [-0.2, -0.15) is 0 Å². The standard InChI is InChI=1S/C15H11Cl2FN2O4/c1-24-9-3-7(2-8(21)4-9)5-19-6-10-11(15(22)23)13(16)20-14(17)12(10)18/h2-4,6,21H,5H2,1H3,(H,22,23). The maximum atomic E-state index is 14.0. The van der Waals surface area contributed by atoms with Gasteiger partial charge in [-0.25, -0.2) is 14.2 Å². The van der Waals surface area contributed by atoms with Gasteiger partial charge in [0.2, 0.25) is 0 Å². The highest BCUT2D eigenvalue weighted by Crippen LogP contribution is 2.25. The fourth-order valence-electron chi connectivity index (χ4n) is 1.94. The third-order valence-electron chi connectivity index (χ3n) is 2.98. The number of phenolic OH excluding ortho intramolecular Hbond substituents is 1. The minimum Gasteiger partial charge on any atom is -0.508 e. The van der Waals surface area contributed by atoms with E-state index in [1.165, 1.54) is 19.2 Å². The Labute approximate surface area is 146 Å². The molecule has 2 N–H and O–H groups in total. The quantitative estimate of drug-likeness (QED) is 0.618. The van der Waals surface area contributed by atoms with Crippen LogP contribution in [0.4, 0.5) is 4.39 Å². The first-order valence-electron chi connectivity index (χ1n) is 6.48. The molecule has 2 rings (SSSR count). The Morgan fingerprint density at radius 2 is 2.08 bits per heavy atom. The van der Waals surface area contributed by atoms with Crippen LogP contribution in [0.1, 0.15) is 21.5 Å². The van der Waals surface area contributed by atoms with Gasteiger partial charge in [-0.05, 0) is 17.7 Å². The van der Waals surface area contributed by atoms with E-state index in [9.17, 15) is 14.3 Å². The Kier molecular flexibility index (Phi) is 5.58. The normalized spacial score (nSPS) is 11.0. The molecule has 0 saturated carbocycles. The second-order valence-electron chi connectivity index (χ2n) is 4.61. The number of pyridine rings is 1. The van der Waals surface area contributed by atoms with E-state index in [0.717, 1.165) is 6.21 Å². The molecule has 0 aliphatic carbocycles. The number of aromatic nitrogens is 1. The Bertz CT molecular complexity index is 828. The highest BCUT2D eigenvalue weighted by molar-refractivity contribution is 6.35. The van der Waals surface area contributed by atoms with E-state index >= 15 is 0 Å². The molecule has 0 aliphatic rings. The van der Waals surface area contributed by atoms with Crippen LogP contribution in [0, 0.1) is 5.82 Å². The molecule has 1 aromatic heterocycles. The number of hydrogen-bond donors (Lipinski definition) is 2. The fourth-order valence-corrected chi connectivity index (χ4v) is 2.44. The van der Waals surface area contributed by atoms with Gasteiger partial charge in [0, 0.05) is 17.8 Å². The van der Waals surface area contributed by atoms with Crippen molar-refractivity contribution in [2.45, 2.75) is 6.54 Å². The Morgan fingerprint density at radius 1 is 1.38 bits per heavy atom. The maximum absolute atomic E-state index is 14.0. The molecular weight excluding hydrogens is 362 g/mol. The molecule has 1 aromatic carbocycles. The van der Waals surface area contributed by atoms with Gasteiger partial charge in [0.05, 0.1) is 13.7 Å². The number of nitrogens with zero attached hydrogens (tertiary/aromatic N) is 2. The summed E-state index contributed by atoms with van der Waals surface area (Å²) in [5.74, 6) is -2.08. The molecule has 1 heterocycles. The van der Waals surface area contributed by atoms with E-state index in [0.29, 0.717) is 11.3 Å². The van der Waals surface area contributed by atoms with Crippen molar-refractivity contribution >= 4 is 35.4 Å². The summed E-state index contributed by atoms with van der Waals surface area (Å²) in [4.78, 5) is 18.6. The van der Waals surface area contributed by atoms with Gasteiger partial charge in [-0.15, -0.1) is 0 Å². The summed E-state index contributed by atoms with van der Waals surface area (Å²) in [5.41, 5.74) is -0.331. The third-order valence-corrected chi connectivity index (χ3v) is 3.51. The number of methoxy groups -OCH3 is 1. The Morgan fingerprint density at radius 3 is 2.71 bits per heavy atom. The van der Waals surface area contributed by atoms with Crippen molar-refractivity contribution in [2.75, 3.05) is 7.11 Å². The van der Waals surface area contributed by atoms with Crippen molar-refractivity contribution in [3.63, 3.8) is 0 Å². The molecule has 0 aliphatic heterocycles. The van der Waals surface area contributed by atoms with Crippen LogP contribution in [0.15, 0.2) is 23.2 Å². The van der Waals surface area contributed by atoms with Gasteiger partial charge in [-0.3, -0.25) is 4.99 Å². The lowest BCUT2D eigenvalue weighted by molar-refractivity contribution is 0.0696. The number of rotatable bonds is 5.